The number of piperazine rings is 1. The number of hydrogen-bond acceptors (Lipinski definition) is 4. The van der Waals surface area contributed by atoms with Crippen LogP contribution in [0, 0.1) is 0 Å². The Hall–Kier alpha value is -1.23. The summed E-state index contributed by atoms with van der Waals surface area (Å²) in [5.74, 6) is 0. The van der Waals surface area contributed by atoms with E-state index in [0.717, 1.165) is 51.9 Å². The van der Waals surface area contributed by atoms with Gasteiger partial charge in [-0.25, -0.2) is 0 Å². The molecule has 1 aliphatic rings. The maximum Gasteiger partial charge on any atom is 0.119 e. The van der Waals surface area contributed by atoms with Gasteiger partial charge in [-0.15, -0.1) is 0 Å². The summed E-state index contributed by atoms with van der Waals surface area (Å²) in [6, 6.07) is 8.65. The Morgan fingerprint density at radius 2 is 1.55 bits per heavy atom. The molecular formula is C18H29N3O. The van der Waals surface area contributed by atoms with E-state index in [4.69, 9.17) is 5.73 Å². The summed E-state index contributed by atoms with van der Waals surface area (Å²) in [6.45, 7) is 7.45. The number of carbonyl (C=O) groups excluding carboxylic acids is 1. The lowest BCUT2D eigenvalue weighted by Gasteiger charge is -2.34. The third-order valence-electron chi connectivity index (χ3n) is 4.43. The van der Waals surface area contributed by atoms with Gasteiger partial charge in [-0.3, -0.25) is 4.90 Å². The number of rotatable bonds is 9. The summed E-state index contributed by atoms with van der Waals surface area (Å²) in [4.78, 5) is 15.3. The van der Waals surface area contributed by atoms with Crippen molar-refractivity contribution in [1.29, 1.82) is 0 Å². The lowest BCUT2D eigenvalue weighted by atomic mass is 10.1. The van der Waals surface area contributed by atoms with Crippen LogP contribution in [0.3, 0.4) is 0 Å². The van der Waals surface area contributed by atoms with Crippen molar-refractivity contribution in [3.8, 4) is 0 Å². The van der Waals surface area contributed by atoms with Crippen LogP contribution in [0.2, 0.25) is 0 Å². The summed E-state index contributed by atoms with van der Waals surface area (Å²) < 4.78 is 0. The fourth-order valence-electron chi connectivity index (χ4n) is 2.95. The maximum atomic E-state index is 10.3. The summed E-state index contributed by atoms with van der Waals surface area (Å²) in [7, 11) is 0. The van der Waals surface area contributed by atoms with Crippen LogP contribution in [0.4, 0.5) is 0 Å². The Labute approximate surface area is 134 Å². The van der Waals surface area contributed by atoms with Gasteiger partial charge in [0.05, 0.1) is 0 Å². The molecule has 1 aromatic carbocycles. The summed E-state index contributed by atoms with van der Waals surface area (Å²) in [6.07, 6.45) is 5.18. The van der Waals surface area contributed by atoms with Crippen molar-refractivity contribution in [2.24, 2.45) is 5.73 Å². The van der Waals surface area contributed by atoms with Crippen molar-refractivity contribution in [2.45, 2.75) is 38.8 Å². The van der Waals surface area contributed by atoms with Gasteiger partial charge in [0.15, 0.2) is 0 Å². The van der Waals surface area contributed by atoms with E-state index in [2.05, 4.69) is 34.1 Å². The average Bonchev–Trinajstić information content (AvgIpc) is 2.57. The number of nitrogens with two attached hydrogens (primary N) is 1. The lowest BCUT2D eigenvalue weighted by Crippen LogP contribution is -2.46. The van der Waals surface area contributed by atoms with E-state index in [0.29, 0.717) is 6.54 Å². The second-order valence-corrected chi connectivity index (χ2v) is 6.15. The van der Waals surface area contributed by atoms with Gasteiger partial charge >= 0.3 is 0 Å². The first-order valence-corrected chi connectivity index (χ1v) is 8.48. The molecule has 0 aromatic heterocycles. The molecule has 122 valence electrons. The molecule has 1 saturated heterocycles. The number of carbonyl (C=O) groups is 1. The van der Waals surface area contributed by atoms with Crippen LogP contribution in [0.15, 0.2) is 24.3 Å². The number of unbranched alkanes of at least 4 members (excludes halogenated alkanes) is 3. The van der Waals surface area contributed by atoms with Gasteiger partial charge in [0, 0.05) is 45.7 Å². The van der Waals surface area contributed by atoms with Crippen molar-refractivity contribution in [3.05, 3.63) is 35.4 Å². The Balaban J connectivity index is 1.63. The molecule has 0 bridgehead atoms. The second-order valence-electron chi connectivity index (χ2n) is 6.15. The van der Waals surface area contributed by atoms with Gasteiger partial charge in [-0.1, -0.05) is 30.7 Å². The summed E-state index contributed by atoms with van der Waals surface area (Å²) >= 11 is 0. The molecule has 2 rings (SSSR count). The lowest BCUT2D eigenvalue weighted by molar-refractivity contribution is -0.107. The molecule has 1 fully saturated rings. The van der Waals surface area contributed by atoms with Crippen LogP contribution >= 0.6 is 0 Å². The van der Waals surface area contributed by atoms with E-state index in [1.165, 1.54) is 30.5 Å². The Morgan fingerprint density at radius 3 is 2.18 bits per heavy atom. The molecule has 2 N–H and O–H groups in total. The number of hydrogen-bond donors (Lipinski definition) is 1. The zero-order chi connectivity index (χ0) is 15.6. The molecule has 0 saturated carbocycles. The van der Waals surface area contributed by atoms with Crippen LogP contribution < -0.4 is 5.73 Å². The highest BCUT2D eigenvalue weighted by Crippen LogP contribution is 2.11. The molecule has 0 radical (unpaired) electrons. The zero-order valence-electron chi connectivity index (χ0n) is 13.5. The van der Waals surface area contributed by atoms with Crippen LogP contribution in [0.5, 0.6) is 0 Å². The minimum absolute atomic E-state index is 0.617. The monoisotopic (exact) mass is 303 g/mol. The van der Waals surface area contributed by atoms with Crippen LogP contribution in [0.25, 0.3) is 0 Å². The number of nitrogens with zero attached hydrogens (tertiary/aromatic N) is 2. The molecule has 4 heteroatoms. The highest BCUT2D eigenvalue weighted by Gasteiger charge is 2.16. The zero-order valence-corrected chi connectivity index (χ0v) is 13.5. The van der Waals surface area contributed by atoms with E-state index in [1.807, 2.05) is 0 Å². The Kier molecular flexibility index (Phi) is 7.57. The third kappa shape index (κ3) is 5.87. The maximum absolute atomic E-state index is 10.3. The van der Waals surface area contributed by atoms with Gasteiger partial charge in [0.1, 0.15) is 6.29 Å². The van der Waals surface area contributed by atoms with Crippen LogP contribution in [0.1, 0.15) is 36.8 Å². The number of aldehydes is 1. The smallest absolute Gasteiger partial charge is 0.119 e. The summed E-state index contributed by atoms with van der Waals surface area (Å²) in [5, 5.41) is 0. The van der Waals surface area contributed by atoms with E-state index < -0.39 is 0 Å². The van der Waals surface area contributed by atoms with Crippen molar-refractivity contribution in [1.82, 2.24) is 9.80 Å². The molecule has 1 aliphatic heterocycles. The van der Waals surface area contributed by atoms with Gasteiger partial charge < -0.3 is 15.4 Å². The highest BCUT2D eigenvalue weighted by molar-refractivity contribution is 5.48. The summed E-state index contributed by atoms with van der Waals surface area (Å²) in [5.41, 5.74) is 8.20. The first kappa shape index (κ1) is 17.1. The van der Waals surface area contributed by atoms with Crippen molar-refractivity contribution < 1.29 is 4.79 Å². The fourth-order valence-corrected chi connectivity index (χ4v) is 2.95. The SMILES string of the molecule is NCc1ccc(CN2CCN(CCCCCC=O)CC2)cc1. The van der Waals surface area contributed by atoms with Crippen molar-refractivity contribution >= 4 is 6.29 Å². The van der Waals surface area contributed by atoms with E-state index in [1.54, 1.807) is 0 Å². The van der Waals surface area contributed by atoms with Crippen LogP contribution in [-0.2, 0) is 17.9 Å². The van der Waals surface area contributed by atoms with E-state index >= 15 is 0 Å². The molecular weight excluding hydrogens is 274 g/mol. The largest absolute Gasteiger partial charge is 0.326 e. The van der Waals surface area contributed by atoms with E-state index in [-0.39, 0.29) is 0 Å². The molecule has 0 amide bonds. The highest BCUT2D eigenvalue weighted by atomic mass is 16.1. The molecule has 0 unspecified atom stereocenters. The molecule has 4 nitrogen and oxygen atoms in total. The fraction of sp³-hybridized carbons (Fsp3) is 0.611. The molecule has 1 heterocycles. The predicted molar refractivity (Wildman–Crippen MR) is 90.6 cm³/mol. The topological polar surface area (TPSA) is 49.6 Å². The first-order chi connectivity index (χ1) is 10.8. The first-order valence-electron chi connectivity index (χ1n) is 8.48. The third-order valence-corrected chi connectivity index (χ3v) is 4.43. The van der Waals surface area contributed by atoms with Gasteiger partial charge in [-0.2, -0.15) is 0 Å². The van der Waals surface area contributed by atoms with Crippen molar-refractivity contribution in [3.63, 3.8) is 0 Å². The average molecular weight is 303 g/mol. The van der Waals surface area contributed by atoms with Crippen LogP contribution in [-0.4, -0.2) is 48.8 Å². The molecule has 0 atom stereocenters. The predicted octanol–water partition coefficient (Wildman–Crippen LogP) is 2.02. The molecule has 22 heavy (non-hydrogen) atoms. The standard InChI is InChI=1S/C18H29N3O/c19-15-17-5-7-18(8-6-17)16-21-12-10-20(11-13-21)9-3-1-2-4-14-22/h5-8,14H,1-4,9-13,15-16,19H2. The molecule has 0 spiro atoms. The van der Waals surface area contributed by atoms with E-state index in [9.17, 15) is 4.79 Å². The van der Waals surface area contributed by atoms with Gasteiger partial charge in [-0.05, 0) is 30.5 Å². The van der Waals surface area contributed by atoms with Gasteiger partial charge in [0.2, 0.25) is 0 Å². The molecule has 0 aliphatic carbocycles. The van der Waals surface area contributed by atoms with Gasteiger partial charge in [0.25, 0.3) is 0 Å². The minimum atomic E-state index is 0.617. The molecule has 1 aromatic rings. The quantitative estimate of drug-likeness (QED) is 0.560. The van der Waals surface area contributed by atoms with Crippen molar-refractivity contribution in [2.75, 3.05) is 32.7 Å². The second kappa shape index (κ2) is 9.72. The number of benzene rings is 1. The minimum Gasteiger partial charge on any atom is -0.326 e. The Bertz CT molecular complexity index is 424. The Morgan fingerprint density at radius 1 is 0.909 bits per heavy atom. The normalized spacial score (nSPS) is 16.8.